The normalized spacial score (nSPS) is 31.2. The monoisotopic (exact) mass is 230 g/mol. The van der Waals surface area contributed by atoms with E-state index in [1.165, 1.54) is 6.42 Å². The van der Waals surface area contributed by atoms with Gasteiger partial charge in [-0.15, -0.1) is 0 Å². The molecule has 1 aromatic carbocycles. The van der Waals surface area contributed by atoms with E-state index >= 15 is 0 Å². The van der Waals surface area contributed by atoms with Gasteiger partial charge in [-0.05, 0) is 31.4 Å². The molecule has 2 aromatic rings. The fourth-order valence-corrected chi connectivity index (χ4v) is 2.88. The Labute approximate surface area is 99.0 Å². The molecular formula is C13H14N2O2. The van der Waals surface area contributed by atoms with Gasteiger partial charge >= 0.3 is 0 Å². The number of hydrogen-bond acceptors (Lipinski definition) is 4. The van der Waals surface area contributed by atoms with Gasteiger partial charge in [0.25, 0.3) is 6.01 Å². The van der Waals surface area contributed by atoms with E-state index in [1.54, 1.807) is 0 Å². The van der Waals surface area contributed by atoms with Gasteiger partial charge in [-0.3, -0.25) is 0 Å². The summed E-state index contributed by atoms with van der Waals surface area (Å²) in [7, 11) is 0. The highest BCUT2D eigenvalue weighted by molar-refractivity contribution is 5.74. The van der Waals surface area contributed by atoms with E-state index in [1.807, 2.05) is 24.3 Å². The number of ether oxygens (including phenoxy) is 1. The van der Waals surface area contributed by atoms with Crippen molar-refractivity contribution in [2.24, 2.45) is 0 Å². The third-order valence-corrected chi connectivity index (χ3v) is 3.71. The largest absolute Gasteiger partial charge is 0.424 e. The minimum absolute atomic E-state index is 0.343. The van der Waals surface area contributed by atoms with E-state index in [0.717, 1.165) is 23.9 Å². The van der Waals surface area contributed by atoms with Crippen molar-refractivity contribution in [1.82, 2.24) is 4.98 Å². The van der Waals surface area contributed by atoms with Crippen molar-refractivity contribution in [3.63, 3.8) is 0 Å². The second-order valence-electron chi connectivity index (χ2n) is 4.85. The second kappa shape index (κ2) is 3.47. The number of aromatic nitrogens is 1. The lowest BCUT2D eigenvalue weighted by molar-refractivity contribution is 0.102. The number of oxazole rings is 1. The van der Waals surface area contributed by atoms with E-state index in [9.17, 15) is 0 Å². The predicted octanol–water partition coefficient (Wildman–Crippen LogP) is 2.56. The van der Waals surface area contributed by atoms with Gasteiger partial charge < -0.3 is 14.5 Å². The zero-order chi connectivity index (χ0) is 11.2. The highest BCUT2D eigenvalue weighted by Gasteiger charge is 2.41. The zero-order valence-electron chi connectivity index (χ0n) is 9.43. The van der Waals surface area contributed by atoms with Gasteiger partial charge in [-0.2, -0.15) is 4.98 Å². The predicted molar refractivity (Wildman–Crippen MR) is 63.9 cm³/mol. The highest BCUT2D eigenvalue weighted by atomic mass is 16.5. The van der Waals surface area contributed by atoms with E-state index in [2.05, 4.69) is 10.3 Å². The van der Waals surface area contributed by atoms with Crippen molar-refractivity contribution in [2.75, 3.05) is 5.32 Å². The topological polar surface area (TPSA) is 47.3 Å². The first-order valence-electron chi connectivity index (χ1n) is 6.16. The Morgan fingerprint density at radius 3 is 2.94 bits per heavy atom. The lowest BCUT2D eigenvalue weighted by atomic mass is 9.96. The molecule has 2 aliphatic heterocycles. The first-order valence-corrected chi connectivity index (χ1v) is 6.16. The van der Waals surface area contributed by atoms with Crippen LogP contribution < -0.4 is 5.32 Å². The van der Waals surface area contributed by atoms with Gasteiger partial charge in [-0.1, -0.05) is 12.1 Å². The molecular weight excluding hydrogens is 216 g/mol. The van der Waals surface area contributed by atoms with Crippen LogP contribution in [0.4, 0.5) is 6.01 Å². The number of para-hydroxylation sites is 2. The summed E-state index contributed by atoms with van der Waals surface area (Å²) < 4.78 is 11.5. The number of anilines is 1. The summed E-state index contributed by atoms with van der Waals surface area (Å²) in [6, 6.07) is 8.80. The van der Waals surface area contributed by atoms with Crippen molar-refractivity contribution < 1.29 is 9.15 Å². The lowest BCUT2D eigenvalue weighted by Crippen LogP contribution is -2.30. The fourth-order valence-electron chi connectivity index (χ4n) is 2.88. The van der Waals surface area contributed by atoms with Crippen molar-refractivity contribution in [3.05, 3.63) is 24.3 Å². The molecule has 3 unspecified atom stereocenters. The quantitative estimate of drug-likeness (QED) is 0.861. The van der Waals surface area contributed by atoms with Crippen molar-refractivity contribution in [2.45, 2.75) is 37.5 Å². The molecule has 2 fully saturated rings. The van der Waals surface area contributed by atoms with E-state index < -0.39 is 0 Å². The van der Waals surface area contributed by atoms with Crippen LogP contribution in [0.5, 0.6) is 0 Å². The summed E-state index contributed by atoms with van der Waals surface area (Å²) >= 11 is 0. The van der Waals surface area contributed by atoms with Crippen LogP contribution in [0.15, 0.2) is 28.7 Å². The SMILES string of the molecule is c1ccc2oc(NC3CC4CCC3O4)nc2c1. The van der Waals surface area contributed by atoms with Crippen LogP contribution in [0, 0.1) is 0 Å². The third kappa shape index (κ3) is 1.52. The molecule has 4 heteroatoms. The van der Waals surface area contributed by atoms with Crippen LogP contribution in [-0.4, -0.2) is 23.2 Å². The molecule has 0 saturated carbocycles. The summed E-state index contributed by atoms with van der Waals surface area (Å²) in [6.45, 7) is 0. The molecule has 0 amide bonds. The first kappa shape index (κ1) is 9.48. The maximum absolute atomic E-state index is 5.80. The molecule has 0 spiro atoms. The molecule has 17 heavy (non-hydrogen) atoms. The maximum Gasteiger partial charge on any atom is 0.295 e. The fraction of sp³-hybridized carbons (Fsp3) is 0.462. The number of hydrogen-bond donors (Lipinski definition) is 1. The Hall–Kier alpha value is -1.55. The average molecular weight is 230 g/mol. The molecule has 2 aliphatic rings. The molecule has 3 atom stereocenters. The number of fused-ring (bicyclic) bond motifs is 3. The molecule has 4 nitrogen and oxygen atoms in total. The molecule has 2 bridgehead atoms. The van der Waals surface area contributed by atoms with Crippen molar-refractivity contribution in [1.29, 1.82) is 0 Å². The van der Waals surface area contributed by atoms with Crippen LogP contribution in [0.3, 0.4) is 0 Å². The standard InChI is InChI=1S/C13H14N2O2/c1-2-4-11-9(3-1)14-13(17-11)15-10-7-8-5-6-12(10)16-8/h1-4,8,10,12H,5-7H2,(H,14,15). The molecule has 2 saturated heterocycles. The maximum atomic E-state index is 5.80. The number of rotatable bonds is 2. The van der Waals surface area contributed by atoms with E-state index in [0.29, 0.717) is 24.3 Å². The average Bonchev–Trinajstić information content (AvgIpc) is 3.01. The Morgan fingerprint density at radius 2 is 2.18 bits per heavy atom. The Kier molecular flexibility index (Phi) is 1.93. The Balaban J connectivity index is 1.59. The number of nitrogens with zero attached hydrogens (tertiary/aromatic N) is 1. The molecule has 1 aromatic heterocycles. The zero-order valence-corrected chi connectivity index (χ0v) is 9.43. The molecule has 88 valence electrons. The Morgan fingerprint density at radius 1 is 1.24 bits per heavy atom. The smallest absolute Gasteiger partial charge is 0.295 e. The minimum Gasteiger partial charge on any atom is -0.424 e. The molecule has 1 N–H and O–H groups in total. The van der Waals surface area contributed by atoms with Gasteiger partial charge in [0.15, 0.2) is 5.58 Å². The van der Waals surface area contributed by atoms with E-state index in [-0.39, 0.29) is 0 Å². The van der Waals surface area contributed by atoms with Gasteiger partial charge in [0.2, 0.25) is 0 Å². The first-order chi connectivity index (χ1) is 8.38. The Bertz CT molecular complexity index is 518. The van der Waals surface area contributed by atoms with Crippen molar-refractivity contribution >= 4 is 17.1 Å². The summed E-state index contributed by atoms with van der Waals surface area (Å²) in [6.07, 6.45) is 4.22. The third-order valence-electron chi connectivity index (χ3n) is 3.71. The van der Waals surface area contributed by atoms with E-state index in [4.69, 9.17) is 9.15 Å². The lowest BCUT2D eigenvalue weighted by Gasteiger charge is -2.18. The summed E-state index contributed by atoms with van der Waals surface area (Å²) in [5, 5.41) is 3.36. The van der Waals surface area contributed by atoms with Gasteiger partial charge in [0, 0.05) is 0 Å². The summed E-state index contributed by atoms with van der Waals surface area (Å²) in [4.78, 5) is 4.43. The minimum atomic E-state index is 0.343. The molecule has 0 radical (unpaired) electrons. The van der Waals surface area contributed by atoms with Crippen molar-refractivity contribution in [3.8, 4) is 0 Å². The summed E-state index contributed by atoms with van der Waals surface area (Å²) in [5.41, 5.74) is 1.73. The number of nitrogens with one attached hydrogen (secondary N) is 1. The van der Waals surface area contributed by atoms with Gasteiger partial charge in [0.1, 0.15) is 5.52 Å². The van der Waals surface area contributed by atoms with Crippen LogP contribution in [-0.2, 0) is 4.74 Å². The summed E-state index contributed by atoms with van der Waals surface area (Å²) in [5.74, 6) is 0. The van der Waals surface area contributed by atoms with Gasteiger partial charge in [0.05, 0.1) is 18.2 Å². The van der Waals surface area contributed by atoms with Crippen LogP contribution >= 0.6 is 0 Å². The number of benzene rings is 1. The molecule has 0 aliphatic carbocycles. The molecule has 4 rings (SSSR count). The van der Waals surface area contributed by atoms with Gasteiger partial charge in [-0.25, -0.2) is 0 Å². The highest BCUT2D eigenvalue weighted by Crippen LogP contribution is 2.36. The van der Waals surface area contributed by atoms with Crippen LogP contribution in [0.25, 0.3) is 11.1 Å². The second-order valence-corrected chi connectivity index (χ2v) is 4.85. The van der Waals surface area contributed by atoms with Crippen LogP contribution in [0.1, 0.15) is 19.3 Å². The molecule has 3 heterocycles. The van der Waals surface area contributed by atoms with Crippen LogP contribution in [0.2, 0.25) is 0 Å².